The highest BCUT2D eigenvalue weighted by Gasteiger charge is 2.17. The van der Waals surface area contributed by atoms with Crippen LogP contribution >= 0.6 is 11.6 Å². The molecule has 136 valence electrons. The van der Waals surface area contributed by atoms with Gasteiger partial charge in [-0.25, -0.2) is 0 Å². The Morgan fingerprint density at radius 2 is 1.96 bits per heavy atom. The van der Waals surface area contributed by atoms with Crippen molar-refractivity contribution in [3.63, 3.8) is 0 Å². The number of benzene rings is 2. The smallest absolute Gasteiger partial charge is 0.269 e. The van der Waals surface area contributed by atoms with Crippen molar-refractivity contribution >= 4 is 35.3 Å². The molecule has 1 aromatic heterocycles. The van der Waals surface area contributed by atoms with E-state index in [9.17, 15) is 14.9 Å². The van der Waals surface area contributed by atoms with Gasteiger partial charge in [-0.3, -0.25) is 20.0 Å². The molecule has 0 aliphatic rings. The molecule has 0 aliphatic heterocycles. The highest BCUT2D eigenvalue weighted by molar-refractivity contribution is 6.30. The highest BCUT2D eigenvalue weighted by atomic mass is 35.5. The molecule has 3 rings (SSSR count). The predicted octanol–water partition coefficient (Wildman–Crippen LogP) is 3.83. The number of carbonyl (C=O) groups is 1. The number of hydrogen-bond acceptors (Lipinski definition) is 4. The van der Waals surface area contributed by atoms with Crippen molar-refractivity contribution in [2.75, 3.05) is 0 Å². The first-order valence-corrected chi connectivity index (χ1v) is 8.36. The molecule has 0 atom stereocenters. The summed E-state index contributed by atoms with van der Waals surface area (Å²) >= 11 is 6.00. The van der Waals surface area contributed by atoms with Crippen LogP contribution in [0.5, 0.6) is 0 Å². The van der Waals surface area contributed by atoms with Gasteiger partial charge in [0.15, 0.2) is 0 Å². The van der Waals surface area contributed by atoms with Crippen molar-refractivity contribution in [1.82, 2.24) is 10.2 Å². The predicted molar refractivity (Wildman–Crippen MR) is 103 cm³/mol. The van der Waals surface area contributed by atoms with Gasteiger partial charge in [0.2, 0.25) is 0 Å². The van der Waals surface area contributed by atoms with E-state index in [4.69, 9.17) is 17.3 Å². The van der Waals surface area contributed by atoms with Crippen molar-refractivity contribution in [3.05, 3.63) is 91.7 Å². The summed E-state index contributed by atoms with van der Waals surface area (Å²) < 4.78 is 0. The first-order chi connectivity index (χ1) is 12.9. The van der Waals surface area contributed by atoms with Crippen molar-refractivity contribution in [2.45, 2.75) is 6.42 Å². The fourth-order valence-corrected chi connectivity index (χ4v) is 2.86. The number of nitro benzene ring substituents is 1. The van der Waals surface area contributed by atoms with Gasteiger partial charge < -0.3 is 5.73 Å². The number of primary amides is 1. The number of nitrogens with two attached hydrogens (primary N) is 1. The molecule has 0 saturated heterocycles. The zero-order valence-electron chi connectivity index (χ0n) is 14.1. The second kappa shape index (κ2) is 7.84. The lowest BCUT2D eigenvalue weighted by molar-refractivity contribution is -0.384. The monoisotopic (exact) mass is 382 g/mol. The van der Waals surface area contributed by atoms with Crippen LogP contribution in [0.25, 0.3) is 12.2 Å². The third-order valence-electron chi connectivity index (χ3n) is 3.92. The summed E-state index contributed by atoms with van der Waals surface area (Å²) in [5, 5.41) is 18.3. The second-order valence-corrected chi connectivity index (χ2v) is 6.25. The minimum absolute atomic E-state index is 0.00792. The Hall–Kier alpha value is -3.45. The molecule has 0 radical (unpaired) electrons. The van der Waals surface area contributed by atoms with Crippen LogP contribution in [0.3, 0.4) is 0 Å². The van der Waals surface area contributed by atoms with Crippen LogP contribution in [0.2, 0.25) is 5.02 Å². The van der Waals surface area contributed by atoms with Crippen molar-refractivity contribution in [1.29, 1.82) is 0 Å². The number of nitrogens with zero attached hydrogens (tertiary/aromatic N) is 2. The molecule has 0 aliphatic carbocycles. The van der Waals surface area contributed by atoms with Gasteiger partial charge in [0.25, 0.3) is 11.6 Å². The lowest BCUT2D eigenvalue weighted by atomic mass is 10.0. The van der Waals surface area contributed by atoms with Crippen LogP contribution in [-0.4, -0.2) is 21.0 Å². The number of amides is 1. The van der Waals surface area contributed by atoms with Crippen molar-refractivity contribution in [3.8, 4) is 0 Å². The first-order valence-electron chi connectivity index (χ1n) is 7.98. The van der Waals surface area contributed by atoms with E-state index in [2.05, 4.69) is 10.2 Å². The van der Waals surface area contributed by atoms with Gasteiger partial charge in [0.05, 0.1) is 21.9 Å². The Kier molecular flexibility index (Phi) is 5.33. The van der Waals surface area contributed by atoms with E-state index in [0.29, 0.717) is 28.4 Å². The standard InChI is InChI=1S/C19H15ClN4O3/c20-14-3-1-2-13(10-14)11-17-18(19(21)25)16(22-23-17)9-6-12-4-7-15(8-5-12)24(26)27/h1-10H,11H2,(H2,21,25)(H,22,23). The zero-order valence-corrected chi connectivity index (χ0v) is 14.8. The van der Waals surface area contributed by atoms with Crippen molar-refractivity contribution in [2.24, 2.45) is 5.73 Å². The summed E-state index contributed by atoms with van der Waals surface area (Å²) in [6.07, 6.45) is 3.77. The Labute approximate surface area is 159 Å². The third kappa shape index (κ3) is 4.39. The zero-order chi connectivity index (χ0) is 19.4. The summed E-state index contributed by atoms with van der Waals surface area (Å²) in [5.41, 5.74) is 8.48. The Balaban J connectivity index is 1.86. The van der Waals surface area contributed by atoms with Crippen LogP contribution in [0.4, 0.5) is 5.69 Å². The molecule has 1 heterocycles. The summed E-state index contributed by atoms with van der Waals surface area (Å²) in [5.74, 6) is -0.593. The minimum Gasteiger partial charge on any atom is -0.365 e. The molecular weight excluding hydrogens is 368 g/mol. The average molecular weight is 383 g/mol. The van der Waals surface area contributed by atoms with Crippen molar-refractivity contribution < 1.29 is 9.72 Å². The number of aromatic amines is 1. The molecule has 0 fully saturated rings. The molecule has 3 N–H and O–H groups in total. The minimum atomic E-state index is -0.593. The normalized spacial score (nSPS) is 11.0. The van der Waals surface area contributed by atoms with Gasteiger partial charge in [0, 0.05) is 23.6 Å². The summed E-state index contributed by atoms with van der Waals surface area (Å²) in [4.78, 5) is 22.2. The molecule has 2 aromatic carbocycles. The fourth-order valence-electron chi connectivity index (χ4n) is 2.65. The van der Waals surface area contributed by atoms with Gasteiger partial charge in [-0.1, -0.05) is 29.8 Å². The molecular formula is C19H15ClN4O3. The topological polar surface area (TPSA) is 115 Å². The average Bonchev–Trinajstić information content (AvgIpc) is 3.03. The maximum absolute atomic E-state index is 11.9. The van der Waals surface area contributed by atoms with E-state index in [0.717, 1.165) is 11.1 Å². The number of H-pyrrole nitrogens is 1. The van der Waals surface area contributed by atoms with Crippen LogP contribution in [-0.2, 0) is 6.42 Å². The number of carbonyl (C=O) groups excluding carboxylic acids is 1. The van der Waals surface area contributed by atoms with E-state index in [-0.39, 0.29) is 5.69 Å². The molecule has 3 aromatic rings. The molecule has 0 spiro atoms. The van der Waals surface area contributed by atoms with Crippen LogP contribution < -0.4 is 5.73 Å². The quantitative estimate of drug-likeness (QED) is 0.497. The van der Waals surface area contributed by atoms with E-state index in [1.807, 2.05) is 12.1 Å². The first kappa shape index (κ1) is 18.3. The van der Waals surface area contributed by atoms with Crippen LogP contribution in [0.15, 0.2) is 48.5 Å². The molecule has 0 saturated carbocycles. The third-order valence-corrected chi connectivity index (χ3v) is 4.16. The number of nitrogens with one attached hydrogen (secondary N) is 1. The molecule has 0 unspecified atom stereocenters. The van der Waals surface area contributed by atoms with Gasteiger partial charge in [0.1, 0.15) is 0 Å². The van der Waals surface area contributed by atoms with Crippen LogP contribution in [0, 0.1) is 10.1 Å². The molecule has 8 heteroatoms. The van der Waals surface area contributed by atoms with Gasteiger partial charge in [-0.2, -0.15) is 5.10 Å². The van der Waals surface area contributed by atoms with Gasteiger partial charge in [-0.05, 0) is 41.5 Å². The Morgan fingerprint density at radius 1 is 1.22 bits per heavy atom. The SMILES string of the molecule is NC(=O)c1c(C=Cc2ccc([N+](=O)[O-])cc2)n[nH]c1Cc1cccc(Cl)c1. The maximum atomic E-state index is 11.9. The second-order valence-electron chi connectivity index (χ2n) is 5.82. The van der Waals surface area contributed by atoms with E-state index in [1.54, 1.807) is 36.4 Å². The summed E-state index contributed by atoms with van der Waals surface area (Å²) in [6, 6.07) is 13.3. The van der Waals surface area contributed by atoms with E-state index < -0.39 is 10.8 Å². The molecule has 0 bridgehead atoms. The van der Waals surface area contributed by atoms with Crippen LogP contribution in [0.1, 0.15) is 32.9 Å². The Morgan fingerprint density at radius 3 is 2.59 bits per heavy atom. The number of rotatable bonds is 6. The number of aromatic nitrogens is 2. The number of halogens is 1. The van der Waals surface area contributed by atoms with Gasteiger partial charge in [-0.15, -0.1) is 0 Å². The lowest BCUT2D eigenvalue weighted by Crippen LogP contribution is -2.14. The Bertz CT molecular complexity index is 1030. The lowest BCUT2D eigenvalue weighted by Gasteiger charge is -2.02. The number of non-ortho nitro benzene ring substituents is 1. The molecule has 1 amide bonds. The molecule has 27 heavy (non-hydrogen) atoms. The van der Waals surface area contributed by atoms with Gasteiger partial charge >= 0.3 is 0 Å². The summed E-state index contributed by atoms with van der Waals surface area (Å²) in [6.45, 7) is 0. The van der Waals surface area contributed by atoms with E-state index >= 15 is 0 Å². The van der Waals surface area contributed by atoms with E-state index in [1.165, 1.54) is 12.1 Å². The largest absolute Gasteiger partial charge is 0.365 e. The highest BCUT2D eigenvalue weighted by Crippen LogP contribution is 2.20. The molecule has 7 nitrogen and oxygen atoms in total. The number of hydrogen-bond donors (Lipinski definition) is 2. The maximum Gasteiger partial charge on any atom is 0.269 e. The number of nitro groups is 1. The summed E-state index contributed by atoms with van der Waals surface area (Å²) in [7, 11) is 0. The fraction of sp³-hybridized carbons (Fsp3) is 0.0526.